The minimum Gasteiger partial charge on any atom is -0.463 e. The molecule has 4 nitrogen and oxygen atoms in total. The molecule has 2 aromatic heterocycles. The summed E-state index contributed by atoms with van der Waals surface area (Å²) < 4.78 is 7.28. The first-order chi connectivity index (χ1) is 9.72. The van der Waals surface area contributed by atoms with E-state index in [1.165, 1.54) is 0 Å². The highest BCUT2D eigenvalue weighted by Crippen LogP contribution is 2.20. The van der Waals surface area contributed by atoms with Crippen molar-refractivity contribution in [3.8, 4) is 11.5 Å². The van der Waals surface area contributed by atoms with Crippen LogP contribution in [0.4, 0.5) is 0 Å². The standard InChI is InChI=1S/C15H19N3OS/c1-4-8-16-15-18(17-9-7-12(2)3)13(11-20-15)14-6-5-10-19-14/h4-6,9-12H,1,7-8H2,2-3H3. The molecule has 2 heterocycles. The van der Waals surface area contributed by atoms with Gasteiger partial charge in [0.25, 0.3) is 0 Å². The van der Waals surface area contributed by atoms with Crippen molar-refractivity contribution in [3.05, 3.63) is 41.2 Å². The van der Waals surface area contributed by atoms with E-state index < -0.39 is 0 Å². The average Bonchev–Trinajstić information content (AvgIpc) is 3.05. The van der Waals surface area contributed by atoms with E-state index in [1.807, 2.05) is 28.4 Å². The predicted octanol–water partition coefficient (Wildman–Crippen LogP) is 3.78. The lowest BCUT2D eigenvalue weighted by Gasteiger charge is -2.01. The van der Waals surface area contributed by atoms with E-state index in [-0.39, 0.29) is 0 Å². The Kier molecular flexibility index (Phi) is 5.12. The van der Waals surface area contributed by atoms with Crippen molar-refractivity contribution in [2.24, 2.45) is 16.0 Å². The third-order valence-corrected chi connectivity index (χ3v) is 3.44. The second-order valence-electron chi connectivity index (χ2n) is 4.75. The Balaban J connectivity index is 2.40. The van der Waals surface area contributed by atoms with Crippen molar-refractivity contribution in [1.29, 1.82) is 0 Å². The first-order valence-corrected chi connectivity index (χ1v) is 7.49. The molecular weight excluding hydrogens is 270 g/mol. The summed E-state index contributed by atoms with van der Waals surface area (Å²) in [5, 5.41) is 6.54. The molecule has 5 heteroatoms. The quantitative estimate of drug-likeness (QED) is 0.589. The zero-order valence-corrected chi connectivity index (χ0v) is 12.6. The molecule has 0 unspecified atom stereocenters. The molecule has 0 aliphatic carbocycles. The Labute approximate surface area is 122 Å². The Morgan fingerprint density at radius 3 is 3.00 bits per heavy atom. The van der Waals surface area contributed by atoms with E-state index in [0.717, 1.165) is 22.7 Å². The fraction of sp³-hybridized carbons (Fsp3) is 0.333. The van der Waals surface area contributed by atoms with Gasteiger partial charge in [-0.1, -0.05) is 19.9 Å². The van der Waals surface area contributed by atoms with Gasteiger partial charge in [0.05, 0.1) is 12.8 Å². The maximum Gasteiger partial charge on any atom is 0.206 e. The summed E-state index contributed by atoms with van der Waals surface area (Å²) in [5.41, 5.74) is 0.919. The van der Waals surface area contributed by atoms with Crippen molar-refractivity contribution >= 4 is 17.6 Å². The summed E-state index contributed by atoms with van der Waals surface area (Å²) in [6, 6.07) is 3.80. The second kappa shape index (κ2) is 7.05. The molecule has 0 aliphatic rings. The highest BCUT2D eigenvalue weighted by Gasteiger charge is 2.09. The van der Waals surface area contributed by atoms with E-state index in [9.17, 15) is 0 Å². The lowest BCUT2D eigenvalue weighted by Crippen LogP contribution is -2.12. The fourth-order valence-electron chi connectivity index (χ4n) is 1.60. The van der Waals surface area contributed by atoms with Crippen LogP contribution in [0.25, 0.3) is 11.5 Å². The van der Waals surface area contributed by atoms with E-state index in [1.54, 1.807) is 23.7 Å². The molecule has 0 spiro atoms. The SMILES string of the molecule is C=CCN=c1scc(-c2ccco2)n1N=CCC(C)C. The first-order valence-electron chi connectivity index (χ1n) is 6.61. The summed E-state index contributed by atoms with van der Waals surface area (Å²) >= 11 is 1.55. The van der Waals surface area contributed by atoms with E-state index >= 15 is 0 Å². The van der Waals surface area contributed by atoms with Crippen LogP contribution in [0.5, 0.6) is 0 Å². The van der Waals surface area contributed by atoms with Gasteiger partial charge >= 0.3 is 0 Å². The van der Waals surface area contributed by atoms with Gasteiger partial charge in [0.2, 0.25) is 4.80 Å². The summed E-state index contributed by atoms with van der Waals surface area (Å²) in [7, 11) is 0. The van der Waals surface area contributed by atoms with Crippen molar-refractivity contribution in [2.75, 3.05) is 6.54 Å². The lowest BCUT2D eigenvalue weighted by molar-refractivity contribution is 0.575. The number of hydrogen-bond acceptors (Lipinski definition) is 4. The molecule has 0 fully saturated rings. The molecule has 0 radical (unpaired) electrons. The van der Waals surface area contributed by atoms with Gasteiger partial charge in [-0.2, -0.15) is 5.10 Å². The van der Waals surface area contributed by atoms with Crippen molar-refractivity contribution in [3.63, 3.8) is 0 Å². The number of thiazole rings is 1. The second-order valence-corrected chi connectivity index (χ2v) is 5.59. The molecule has 20 heavy (non-hydrogen) atoms. The van der Waals surface area contributed by atoms with Gasteiger partial charge in [0.1, 0.15) is 5.69 Å². The van der Waals surface area contributed by atoms with Gasteiger partial charge in [0.15, 0.2) is 5.76 Å². The molecule has 0 saturated carbocycles. The third-order valence-electron chi connectivity index (χ3n) is 2.59. The molecule has 2 rings (SSSR count). The average molecular weight is 289 g/mol. The van der Waals surface area contributed by atoms with Crippen LogP contribution in [-0.4, -0.2) is 17.4 Å². The molecule has 0 atom stereocenters. The lowest BCUT2D eigenvalue weighted by atomic mass is 10.2. The van der Waals surface area contributed by atoms with Crippen LogP contribution < -0.4 is 4.80 Å². The largest absolute Gasteiger partial charge is 0.463 e. The third kappa shape index (κ3) is 3.57. The summed E-state index contributed by atoms with van der Waals surface area (Å²) in [5.74, 6) is 1.38. The maximum absolute atomic E-state index is 5.46. The normalized spacial score (nSPS) is 12.7. The fourth-order valence-corrected chi connectivity index (χ4v) is 2.42. The Morgan fingerprint density at radius 2 is 2.35 bits per heavy atom. The van der Waals surface area contributed by atoms with Crippen molar-refractivity contribution in [1.82, 2.24) is 4.68 Å². The minimum atomic E-state index is 0.581. The maximum atomic E-state index is 5.46. The van der Waals surface area contributed by atoms with Crippen molar-refractivity contribution < 1.29 is 4.42 Å². The molecule has 0 saturated heterocycles. The van der Waals surface area contributed by atoms with Gasteiger partial charge in [-0.15, -0.1) is 17.9 Å². The Morgan fingerprint density at radius 1 is 1.50 bits per heavy atom. The highest BCUT2D eigenvalue weighted by atomic mass is 32.1. The zero-order chi connectivity index (χ0) is 14.4. The smallest absolute Gasteiger partial charge is 0.206 e. The zero-order valence-electron chi connectivity index (χ0n) is 11.8. The van der Waals surface area contributed by atoms with Crippen molar-refractivity contribution in [2.45, 2.75) is 20.3 Å². The summed E-state index contributed by atoms with van der Waals surface area (Å²) in [6.07, 6.45) is 6.29. The number of aromatic nitrogens is 1. The van der Waals surface area contributed by atoms with Crippen LogP contribution in [0.1, 0.15) is 20.3 Å². The minimum absolute atomic E-state index is 0.581. The molecule has 0 bridgehead atoms. The van der Waals surface area contributed by atoms with E-state index in [2.05, 4.69) is 30.5 Å². The van der Waals surface area contributed by atoms with Gasteiger partial charge in [0, 0.05) is 11.6 Å². The number of furan rings is 1. The summed E-state index contributed by atoms with van der Waals surface area (Å²) in [6.45, 7) is 8.61. The van der Waals surface area contributed by atoms with Crippen LogP contribution in [0.2, 0.25) is 0 Å². The summed E-state index contributed by atoms with van der Waals surface area (Å²) in [4.78, 5) is 5.30. The van der Waals surface area contributed by atoms with Crippen LogP contribution in [-0.2, 0) is 0 Å². The van der Waals surface area contributed by atoms with Gasteiger partial charge < -0.3 is 4.42 Å². The highest BCUT2D eigenvalue weighted by molar-refractivity contribution is 7.07. The van der Waals surface area contributed by atoms with E-state index in [4.69, 9.17) is 4.42 Å². The number of rotatable bonds is 6. The van der Waals surface area contributed by atoms with E-state index in [0.29, 0.717) is 12.5 Å². The Hall–Kier alpha value is -1.88. The van der Waals surface area contributed by atoms with Crippen LogP contribution in [0, 0.1) is 5.92 Å². The van der Waals surface area contributed by atoms with Gasteiger partial charge in [-0.05, 0) is 24.5 Å². The van der Waals surface area contributed by atoms with Crippen LogP contribution in [0.3, 0.4) is 0 Å². The predicted molar refractivity (Wildman–Crippen MR) is 84.0 cm³/mol. The Bertz CT molecular complexity index is 632. The van der Waals surface area contributed by atoms with Crippen LogP contribution in [0.15, 0.2) is 50.9 Å². The number of hydrogen-bond donors (Lipinski definition) is 0. The molecule has 2 aromatic rings. The molecule has 0 aromatic carbocycles. The van der Waals surface area contributed by atoms with Gasteiger partial charge in [-0.3, -0.25) is 4.99 Å². The molecule has 0 aliphatic heterocycles. The molecule has 0 N–H and O–H groups in total. The molecule has 106 valence electrons. The van der Waals surface area contributed by atoms with Crippen LogP contribution >= 0.6 is 11.3 Å². The molecular formula is C15H19N3OS. The topological polar surface area (TPSA) is 42.8 Å². The first kappa shape index (κ1) is 14.5. The number of nitrogens with zero attached hydrogens (tertiary/aromatic N) is 3. The molecule has 0 amide bonds. The van der Waals surface area contributed by atoms with Gasteiger partial charge in [-0.25, -0.2) is 4.68 Å². The monoisotopic (exact) mass is 289 g/mol.